The van der Waals surface area contributed by atoms with Crippen LogP contribution in [0.4, 0.5) is 0 Å². The lowest BCUT2D eigenvalue weighted by Crippen LogP contribution is -2.30. The number of hydrogen-bond acceptors (Lipinski definition) is 6. The van der Waals surface area contributed by atoms with E-state index in [1.54, 1.807) is 26.2 Å². The number of aromatic nitrogens is 2. The fourth-order valence-corrected chi connectivity index (χ4v) is 3.00. The van der Waals surface area contributed by atoms with Gasteiger partial charge in [-0.05, 0) is 31.4 Å². The third-order valence-corrected chi connectivity index (χ3v) is 4.88. The molecule has 0 fully saturated rings. The molecule has 6 heteroatoms. The molecule has 2 aromatic carbocycles. The molecule has 0 aliphatic rings. The molecule has 0 aliphatic carbocycles. The minimum atomic E-state index is -0.583. The van der Waals surface area contributed by atoms with Crippen molar-refractivity contribution in [1.29, 1.82) is 0 Å². The van der Waals surface area contributed by atoms with E-state index in [9.17, 15) is 4.79 Å². The molecule has 0 N–H and O–H groups in total. The van der Waals surface area contributed by atoms with Gasteiger partial charge in [0.05, 0.1) is 12.4 Å². The fraction of sp³-hybridized carbons (Fsp3) is 0.346. The highest BCUT2D eigenvalue weighted by atomic mass is 16.6. The van der Waals surface area contributed by atoms with Crippen molar-refractivity contribution in [3.63, 3.8) is 0 Å². The maximum absolute atomic E-state index is 12.0. The van der Waals surface area contributed by atoms with Gasteiger partial charge >= 0.3 is 5.97 Å². The summed E-state index contributed by atoms with van der Waals surface area (Å²) in [5.74, 6) is 0.752. The highest BCUT2D eigenvalue weighted by molar-refractivity contribution is 5.74. The van der Waals surface area contributed by atoms with Gasteiger partial charge in [-0.3, -0.25) is 0 Å². The first-order valence-electron chi connectivity index (χ1n) is 11.0. The van der Waals surface area contributed by atoms with Gasteiger partial charge < -0.3 is 14.2 Å². The van der Waals surface area contributed by atoms with Gasteiger partial charge in [0.15, 0.2) is 17.7 Å². The lowest BCUT2D eigenvalue weighted by Gasteiger charge is -2.17. The van der Waals surface area contributed by atoms with E-state index in [0.29, 0.717) is 18.2 Å². The van der Waals surface area contributed by atoms with Gasteiger partial charge in [0.2, 0.25) is 0 Å². The standard InChI is InChI=1S/C26H30N2O4/c1-4-5-15-30-20(3)26(29)32-19(2)18-31-24-16-27-25(28-17-24)23-13-11-22(12-14-23)21-9-7-6-8-10-21/h6-14,16-17,19-20H,4-5,15,18H2,1-3H3/t19-,20-/m0/s1. The largest absolute Gasteiger partial charge is 0.486 e. The Labute approximate surface area is 189 Å². The Hall–Kier alpha value is -3.25. The maximum atomic E-state index is 12.0. The molecule has 6 nitrogen and oxygen atoms in total. The molecular formula is C26H30N2O4. The zero-order valence-electron chi connectivity index (χ0n) is 18.9. The monoisotopic (exact) mass is 434 g/mol. The molecule has 3 aromatic rings. The van der Waals surface area contributed by atoms with Crippen LogP contribution in [0.5, 0.6) is 5.75 Å². The summed E-state index contributed by atoms with van der Waals surface area (Å²) in [5.41, 5.74) is 3.24. The molecule has 0 aliphatic heterocycles. The Bertz CT molecular complexity index is 959. The maximum Gasteiger partial charge on any atom is 0.335 e. The van der Waals surface area contributed by atoms with Gasteiger partial charge in [-0.25, -0.2) is 14.8 Å². The number of unbranched alkanes of at least 4 members (excludes halogenated alkanes) is 1. The van der Waals surface area contributed by atoms with Crippen molar-refractivity contribution in [2.24, 2.45) is 0 Å². The van der Waals surface area contributed by atoms with Crippen LogP contribution < -0.4 is 4.74 Å². The molecule has 168 valence electrons. The van der Waals surface area contributed by atoms with Gasteiger partial charge in [-0.1, -0.05) is 67.9 Å². The average Bonchev–Trinajstić information content (AvgIpc) is 2.84. The van der Waals surface area contributed by atoms with Gasteiger partial charge in [-0.2, -0.15) is 0 Å². The van der Waals surface area contributed by atoms with Crippen LogP contribution in [0.1, 0.15) is 33.6 Å². The molecule has 0 bridgehead atoms. The third kappa shape index (κ3) is 6.89. The molecule has 3 rings (SSSR count). The molecule has 1 aromatic heterocycles. The molecule has 1 heterocycles. The summed E-state index contributed by atoms with van der Waals surface area (Å²) in [7, 11) is 0. The van der Waals surface area contributed by atoms with Crippen molar-refractivity contribution in [2.45, 2.75) is 45.8 Å². The SMILES string of the molecule is CCCCO[C@@H](C)C(=O)O[C@@H](C)COc1cnc(-c2ccc(-c3ccccc3)cc2)nc1. The molecule has 0 radical (unpaired) electrons. The second kappa shape index (κ2) is 12.0. The second-order valence-electron chi connectivity index (χ2n) is 7.61. The van der Waals surface area contributed by atoms with E-state index in [1.165, 1.54) is 5.56 Å². The number of carbonyl (C=O) groups excluding carboxylic acids is 1. The normalized spacial score (nSPS) is 12.7. The van der Waals surface area contributed by atoms with Crippen LogP contribution in [-0.2, 0) is 14.3 Å². The third-order valence-electron chi connectivity index (χ3n) is 4.88. The van der Waals surface area contributed by atoms with E-state index < -0.39 is 12.2 Å². The van der Waals surface area contributed by atoms with Gasteiger partial charge in [0.1, 0.15) is 12.7 Å². The summed E-state index contributed by atoms with van der Waals surface area (Å²) in [6, 6.07) is 18.3. The van der Waals surface area contributed by atoms with Crippen molar-refractivity contribution in [3.05, 3.63) is 67.0 Å². The smallest absolute Gasteiger partial charge is 0.335 e. The zero-order valence-corrected chi connectivity index (χ0v) is 18.9. The Morgan fingerprint density at radius 3 is 2.19 bits per heavy atom. The number of esters is 1. The first-order chi connectivity index (χ1) is 15.6. The van der Waals surface area contributed by atoms with Crippen molar-refractivity contribution < 1.29 is 19.0 Å². The van der Waals surface area contributed by atoms with Crippen LogP contribution in [0.3, 0.4) is 0 Å². The Morgan fingerprint density at radius 1 is 0.906 bits per heavy atom. The minimum Gasteiger partial charge on any atom is -0.486 e. The fourth-order valence-electron chi connectivity index (χ4n) is 3.00. The quantitative estimate of drug-likeness (QED) is 0.300. The highest BCUT2D eigenvalue weighted by Gasteiger charge is 2.18. The van der Waals surface area contributed by atoms with E-state index in [1.807, 2.05) is 30.3 Å². The summed E-state index contributed by atoms with van der Waals surface area (Å²) in [4.78, 5) is 20.8. The first kappa shape index (κ1) is 23.4. The number of rotatable bonds is 11. The molecule has 0 saturated carbocycles. The summed E-state index contributed by atoms with van der Waals surface area (Å²) in [5, 5.41) is 0. The predicted octanol–water partition coefficient (Wildman–Crippen LogP) is 5.33. The Morgan fingerprint density at radius 2 is 1.53 bits per heavy atom. The van der Waals surface area contributed by atoms with Crippen LogP contribution in [0.2, 0.25) is 0 Å². The van der Waals surface area contributed by atoms with E-state index in [0.717, 1.165) is 24.0 Å². The summed E-state index contributed by atoms with van der Waals surface area (Å²) >= 11 is 0. The van der Waals surface area contributed by atoms with E-state index in [2.05, 4.69) is 41.2 Å². The van der Waals surface area contributed by atoms with E-state index in [-0.39, 0.29) is 12.6 Å². The van der Waals surface area contributed by atoms with Crippen molar-refractivity contribution >= 4 is 5.97 Å². The summed E-state index contributed by atoms with van der Waals surface area (Å²) < 4.78 is 16.5. The number of hydrogen-bond donors (Lipinski definition) is 0. The predicted molar refractivity (Wildman–Crippen MR) is 124 cm³/mol. The lowest BCUT2D eigenvalue weighted by atomic mass is 10.0. The Kier molecular flexibility index (Phi) is 8.75. The number of carbonyl (C=O) groups is 1. The summed E-state index contributed by atoms with van der Waals surface area (Å²) in [6.07, 6.45) is 4.19. The van der Waals surface area contributed by atoms with Crippen molar-refractivity contribution in [2.75, 3.05) is 13.2 Å². The molecular weight excluding hydrogens is 404 g/mol. The molecule has 0 amide bonds. The number of benzene rings is 2. The molecule has 0 unspecified atom stereocenters. The molecule has 32 heavy (non-hydrogen) atoms. The topological polar surface area (TPSA) is 70.5 Å². The summed E-state index contributed by atoms with van der Waals surface area (Å²) in [6.45, 7) is 6.31. The number of nitrogens with zero attached hydrogens (tertiary/aromatic N) is 2. The van der Waals surface area contributed by atoms with Crippen LogP contribution in [0.25, 0.3) is 22.5 Å². The number of ether oxygens (including phenoxy) is 3. The van der Waals surface area contributed by atoms with Gasteiger partial charge in [0.25, 0.3) is 0 Å². The van der Waals surface area contributed by atoms with Gasteiger partial charge in [-0.15, -0.1) is 0 Å². The Balaban J connectivity index is 1.49. The van der Waals surface area contributed by atoms with Crippen LogP contribution >= 0.6 is 0 Å². The van der Waals surface area contributed by atoms with E-state index in [4.69, 9.17) is 14.2 Å². The second-order valence-corrected chi connectivity index (χ2v) is 7.61. The van der Waals surface area contributed by atoms with Crippen LogP contribution in [-0.4, -0.2) is 41.4 Å². The van der Waals surface area contributed by atoms with Crippen LogP contribution in [0.15, 0.2) is 67.0 Å². The van der Waals surface area contributed by atoms with Crippen LogP contribution in [0, 0.1) is 0 Å². The van der Waals surface area contributed by atoms with E-state index >= 15 is 0 Å². The lowest BCUT2D eigenvalue weighted by molar-refractivity contribution is -0.162. The first-order valence-corrected chi connectivity index (χ1v) is 11.0. The van der Waals surface area contributed by atoms with Gasteiger partial charge in [0, 0.05) is 12.2 Å². The average molecular weight is 435 g/mol. The molecule has 2 atom stereocenters. The minimum absolute atomic E-state index is 0.210. The zero-order chi connectivity index (χ0) is 22.8. The molecule has 0 spiro atoms. The van der Waals surface area contributed by atoms with Crippen molar-refractivity contribution in [1.82, 2.24) is 9.97 Å². The molecule has 0 saturated heterocycles. The van der Waals surface area contributed by atoms with Crippen molar-refractivity contribution in [3.8, 4) is 28.3 Å². The highest BCUT2D eigenvalue weighted by Crippen LogP contribution is 2.23.